The molecular weight excluding hydrogens is 276 g/mol. The Morgan fingerprint density at radius 1 is 1.14 bits per heavy atom. The number of aryl methyl sites for hydroxylation is 1. The third-order valence-electron chi connectivity index (χ3n) is 3.33. The average Bonchev–Trinajstić information content (AvgIpc) is 2.53. The Morgan fingerprint density at radius 2 is 1.91 bits per heavy atom. The molecule has 0 aliphatic rings. The summed E-state index contributed by atoms with van der Waals surface area (Å²) in [6.45, 7) is 3.38. The molecule has 0 aromatic heterocycles. The second-order valence-electron chi connectivity index (χ2n) is 5.16. The van der Waals surface area contributed by atoms with Crippen molar-refractivity contribution in [3.8, 4) is 5.75 Å². The van der Waals surface area contributed by atoms with Crippen LogP contribution in [-0.4, -0.2) is 19.6 Å². The number of nitrogens with one attached hydrogen (secondary N) is 2. The molecule has 22 heavy (non-hydrogen) atoms. The van der Waals surface area contributed by atoms with Crippen LogP contribution in [0.3, 0.4) is 0 Å². The fourth-order valence-corrected chi connectivity index (χ4v) is 2.16. The first-order valence-electron chi connectivity index (χ1n) is 7.38. The predicted octanol–water partition coefficient (Wildman–Crippen LogP) is 3.12. The molecule has 4 nitrogen and oxygen atoms in total. The summed E-state index contributed by atoms with van der Waals surface area (Å²) in [4.78, 5) is 12.0. The van der Waals surface area contributed by atoms with E-state index in [1.165, 1.54) is 5.56 Å². The van der Waals surface area contributed by atoms with Crippen LogP contribution in [0.4, 0.5) is 5.69 Å². The number of hydrogen-bond donors (Lipinski definition) is 2. The van der Waals surface area contributed by atoms with E-state index in [1.54, 1.807) is 7.11 Å². The standard InChI is InChI=1S/C18H22N2O2/c1-14-8-9-17(22-2)16(12-14)20-18(21)10-11-19-13-15-6-4-3-5-7-15/h3-9,12,19H,10-11,13H2,1-2H3,(H,20,21). The highest BCUT2D eigenvalue weighted by Gasteiger charge is 2.07. The monoisotopic (exact) mass is 298 g/mol. The van der Waals surface area contributed by atoms with E-state index in [1.807, 2.05) is 43.3 Å². The SMILES string of the molecule is COc1ccc(C)cc1NC(=O)CCNCc1ccccc1. The quantitative estimate of drug-likeness (QED) is 0.772. The van der Waals surface area contributed by atoms with Crippen LogP contribution in [-0.2, 0) is 11.3 Å². The van der Waals surface area contributed by atoms with Crippen LogP contribution < -0.4 is 15.4 Å². The third-order valence-corrected chi connectivity index (χ3v) is 3.33. The van der Waals surface area contributed by atoms with Crippen molar-refractivity contribution in [2.75, 3.05) is 19.0 Å². The van der Waals surface area contributed by atoms with Crippen molar-refractivity contribution < 1.29 is 9.53 Å². The van der Waals surface area contributed by atoms with Gasteiger partial charge in [-0.05, 0) is 30.2 Å². The molecule has 1 amide bonds. The number of rotatable bonds is 7. The van der Waals surface area contributed by atoms with Crippen molar-refractivity contribution in [1.29, 1.82) is 0 Å². The van der Waals surface area contributed by atoms with E-state index < -0.39 is 0 Å². The van der Waals surface area contributed by atoms with E-state index in [0.29, 0.717) is 18.7 Å². The van der Waals surface area contributed by atoms with Gasteiger partial charge in [0.1, 0.15) is 5.75 Å². The minimum atomic E-state index is -0.0236. The molecule has 0 spiro atoms. The molecule has 116 valence electrons. The van der Waals surface area contributed by atoms with Gasteiger partial charge in [0.2, 0.25) is 5.91 Å². The summed E-state index contributed by atoms with van der Waals surface area (Å²) in [5.74, 6) is 0.653. The fourth-order valence-electron chi connectivity index (χ4n) is 2.16. The summed E-state index contributed by atoms with van der Waals surface area (Å²) in [6.07, 6.45) is 0.421. The summed E-state index contributed by atoms with van der Waals surface area (Å²) in [5.41, 5.74) is 3.01. The van der Waals surface area contributed by atoms with Gasteiger partial charge in [0, 0.05) is 19.5 Å². The zero-order valence-corrected chi connectivity index (χ0v) is 13.1. The van der Waals surface area contributed by atoms with Crippen molar-refractivity contribution in [3.63, 3.8) is 0 Å². The molecule has 0 saturated heterocycles. The van der Waals surface area contributed by atoms with Crippen molar-refractivity contribution in [3.05, 3.63) is 59.7 Å². The van der Waals surface area contributed by atoms with Gasteiger partial charge in [0.05, 0.1) is 12.8 Å². The van der Waals surface area contributed by atoms with Crippen molar-refractivity contribution in [1.82, 2.24) is 5.32 Å². The normalized spacial score (nSPS) is 10.3. The maximum Gasteiger partial charge on any atom is 0.225 e. The molecule has 0 heterocycles. The molecule has 0 fully saturated rings. The van der Waals surface area contributed by atoms with Crippen molar-refractivity contribution >= 4 is 11.6 Å². The van der Waals surface area contributed by atoms with E-state index in [-0.39, 0.29) is 5.91 Å². The predicted molar refractivity (Wildman–Crippen MR) is 89.1 cm³/mol. The van der Waals surface area contributed by atoms with Gasteiger partial charge in [0.25, 0.3) is 0 Å². The highest BCUT2D eigenvalue weighted by molar-refractivity contribution is 5.92. The van der Waals surface area contributed by atoms with Crippen molar-refractivity contribution in [2.45, 2.75) is 19.9 Å². The second kappa shape index (κ2) is 8.20. The Balaban J connectivity index is 1.77. The zero-order valence-electron chi connectivity index (χ0n) is 13.1. The average molecular weight is 298 g/mol. The Morgan fingerprint density at radius 3 is 2.64 bits per heavy atom. The molecule has 0 unspecified atom stereocenters. The second-order valence-corrected chi connectivity index (χ2v) is 5.16. The Labute approximate surface area is 131 Å². The van der Waals surface area contributed by atoms with Gasteiger partial charge in [-0.1, -0.05) is 36.4 Å². The van der Waals surface area contributed by atoms with Crippen LogP contribution in [0.2, 0.25) is 0 Å². The summed E-state index contributed by atoms with van der Waals surface area (Å²) < 4.78 is 5.25. The lowest BCUT2D eigenvalue weighted by molar-refractivity contribution is -0.116. The van der Waals surface area contributed by atoms with Crippen LogP contribution in [0, 0.1) is 6.92 Å². The van der Waals surface area contributed by atoms with E-state index in [9.17, 15) is 4.79 Å². The van der Waals surface area contributed by atoms with Crippen LogP contribution in [0.25, 0.3) is 0 Å². The summed E-state index contributed by atoms with van der Waals surface area (Å²) in [5, 5.41) is 6.16. The van der Waals surface area contributed by atoms with Gasteiger partial charge >= 0.3 is 0 Å². The third kappa shape index (κ3) is 4.90. The molecule has 4 heteroatoms. The van der Waals surface area contributed by atoms with Gasteiger partial charge in [-0.15, -0.1) is 0 Å². The fraction of sp³-hybridized carbons (Fsp3) is 0.278. The van der Waals surface area contributed by atoms with E-state index in [2.05, 4.69) is 22.8 Å². The first-order chi connectivity index (χ1) is 10.7. The lowest BCUT2D eigenvalue weighted by atomic mass is 10.2. The number of benzene rings is 2. The minimum Gasteiger partial charge on any atom is -0.495 e. The van der Waals surface area contributed by atoms with Crippen LogP contribution in [0.1, 0.15) is 17.5 Å². The molecule has 0 aliphatic heterocycles. The smallest absolute Gasteiger partial charge is 0.225 e. The van der Waals surface area contributed by atoms with Gasteiger partial charge in [0.15, 0.2) is 0 Å². The Hall–Kier alpha value is -2.33. The van der Waals surface area contributed by atoms with E-state index in [4.69, 9.17) is 4.74 Å². The van der Waals surface area contributed by atoms with Crippen LogP contribution in [0.15, 0.2) is 48.5 Å². The van der Waals surface area contributed by atoms with Gasteiger partial charge in [-0.25, -0.2) is 0 Å². The number of hydrogen-bond acceptors (Lipinski definition) is 3. The Kier molecular flexibility index (Phi) is 5.98. The molecule has 0 aliphatic carbocycles. The molecule has 2 rings (SSSR count). The summed E-state index contributed by atoms with van der Waals surface area (Å²) in [7, 11) is 1.60. The molecule has 0 radical (unpaired) electrons. The number of carbonyl (C=O) groups is 1. The molecule has 0 atom stereocenters. The van der Waals surface area contributed by atoms with E-state index in [0.717, 1.165) is 17.8 Å². The molecule has 2 aromatic rings. The molecule has 0 bridgehead atoms. The highest BCUT2D eigenvalue weighted by Crippen LogP contribution is 2.25. The maximum atomic E-state index is 12.0. The Bertz CT molecular complexity index is 612. The van der Waals surface area contributed by atoms with Gasteiger partial charge < -0.3 is 15.4 Å². The minimum absolute atomic E-state index is 0.0236. The van der Waals surface area contributed by atoms with Gasteiger partial charge in [-0.2, -0.15) is 0 Å². The van der Waals surface area contributed by atoms with Crippen LogP contribution in [0.5, 0.6) is 5.75 Å². The first-order valence-corrected chi connectivity index (χ1v) is 7.38. The lowest BCUT2D eigenvalue weighted by Crippen LogP contribution is -2.21. The first kappa shape index (κ1) is 16.0. The lowest BCUT2D eigenvalue weighted by Gasteiger charge is -2.11. The number of methoxy groups -OCH3 is 1. The molecule has 2 N–H and O–H groups in total. The van der Waals surface area contributed by atoms with E-state index >= 15 is 0 Å². The highest BCUT2D eigenvalue weighted by atomic mass is 16.5. The topological polar surface area (TPSA) is 50.4 Å². The molecule has 0 saturated carbocycles. The summed E-state index contributed by atoms with van der Waals surface area (Å²) in [6, 6.07) is 15.9. The maximum absolute atomic E-state index is 12.0. The largest absolute Gasteiger partial charge is 0.495 e. The molecular formula is C18H22N2O2. The summed E-state index contributed by atoms with van der Waals surface area (Å²) >= 11 is 0. The molecule has 2 aromatic carbocycles. The zero-order chi connectivity index (χ0) is 15.8. The van der Waals surface area contributed by atoms with Gasteiger partial charge in [-0.3, -0.25) is 4.79 Å². The number of ether oxygens (including phenoxy) is 1. The number of amides is 1. The number of anilines is 1. The van der Waals surface area contributed by atoms with Crippen LogP contribution >= 0.6 is 0 Å². The van der Waals surface area contributed by atoms with Crippen molar-refractivity contribution in [2.24, 2.45) is 0 Å². The number of carbonyl (C=O) groups excluding carboxylic acids is 1.